The van der Waals surface area contributed by atoms with Gasteiger partial charge in [0.1, 0.15) is 11.4 Å². The third-order valence-electron chi connectivity index (χ3n) is 3.22. The van der Waals surface area contributed by atoms with Gasteiger partial charge in [-0.2, -0.15) is 15.4 Å². The molecule has 2 aliphatic heterocycles. The van der Waals surface area contributed by atoms with Crippen LogP contribution < -0.4 is 4.72 Å². The number of rotatable bonds is 2. The average molecular weight is 360 g/mol. The van der Waals surface area contributed by atoms with Gasteiger partial charge in [-0.25, -0.2) is 0 Å². The molecule has 3 heterocycles. The number of allylic oxidation sites excluding steroid dienone is 3. The molecular weight excluding hydrogens is 350 g/mol. The molecule has 0 amide bonds. The molecule has 1 aromatic heterocycles. The molecule has 2 aromatic rings. The standard InChI is InChI=1S/C14H10BrN5S/c15-11-3-1-2-9(6-11)13-14(18-19-17-13)10-4-5-20-12(7-10)8-16-21-20/h1-8,16H,(H,17,18,19). The molecule has 0 unspecified atom stereocenters. The van der Waals surface area contributed by atoms with Crippen LogP contribution in [0.1, 0.15) is 5.69 Å². The van der Waals surface area contributed by atoms with Gasteiger partial charge in [-0.1, -0.05) is 28.1 Å². The zero-order valence-electron chi connectivity index (χ0n) is 10.7. The highest BCUT2D eigenvalue weighted by Crippen LogP contribution is 2.34. The van der Waals surface area contributed by atoms with E-state index >= 15 is 0 Å². The lowest BCUT2D eigenvalue weighted by Gasteiger charge is -2.16. The first-order chi connectivity index (χ1) is 10.3. The molecule has 0 spiro atoms. The van der Waals surface area contributed by atoms with Gasteiger partial charge in [0.2, 0.25) is 0 Å². The molecular formula is C14H10BrN5S. The average Bonchev–Trinajstić information content (AvgIpc) is 3.15. The Morgan fingerprint density at radius 2 is 2.10 bits per heavy atom. The third-order valence-corrected chi connectivity index (χ3v) is 4.47. The number of H-pyrrole nitrogens is 1. The summed E-state index contributed by atoms with van der Waals surface area (Å²) in [6.45, 7) is 0. The fraction of sp³-hybridized carbons (Fsp3) is 0. The molecule has 1 aromatic carbocycles. The number of benzene rings is 1. The van der Waals surface area contributed by atoms with Crippen LogP contribution in [0.5, 0.6) is 0 Å². The van der Waals surface area contributed by atoms with Crippen LogP contribution in [0.2, 0.25) is 0 Å². The van der Waals surface area contributed by atoms with Gasteiger partial charge in [-0.15, -0.1) is 0 Å². The van der Waals surface area contributed by atoms with Gasteiger partial charge in [-0.05, 0) is 24.3 Å². The van der Waals surface area contributed by atoms with Crippen molar-refractivity contribution in [2.45, 2.75) is 0 Å². The summed E-state index contributed by atoms with van der Waals surface area (Å²) < 4.78 is 6.20. The van der Waals surface area contributed by atoms with Crippen molar-refractivity contribution in [2.24, 2.45) is 0 Å². The van der Waals surface area contributed by atoms with Crippen molar-refractivity contribution in [3.63, 3.8) is 0 Å². The highest BCUT2D eigenvalue weighted by molar-refractivity contribution is 9.10. The van der Waals surface area contributed by atoms with Gasteiger partial charge in [0.15, 0.2) is 0 Å². The van der Waals surface area contributed by atoms with E-state index in [0.29, 0.717) is 0 Å². The Hall–Kier alpha value is -1.99. The van der Waals surface area contributed by atoms with Crippen molar-refractivity contribution in [1.29, 1.82) is 0 Å². The van der Waals surface area contributed by atoms with Crippen LogP contribution in [0.4, 0.5) is 0 Å². The van der Waals surface area contributed by atoms with Gasteiger partial charge < -0.3 is 4.72 Å². The Kier molecular flexibility index (Phi) is 3.08. The summed E-state index contributed by atoms with van der Waals surface area (Å²) >= 11 is 5.03. The molecule has 5 nitrogen and oxygen atoms in total. The topological polar surface area (TPSA) is 56.8 Å². The maximum absolute atomic E-state index is 4.32. The number of nitrogens with zero attached hydrogens (tertiary/aromatic N) is 3. The monoisotopic (exact) mass is 359 g/mol. The first-order valence-corrected chi connectivity index (χ1v) is 7.87. The van der Waals surface area contributed by atoms with Gasteiger partial charge in [0, 0.05) is 28.0 Å². The molecule has 4 rings (SSSR count). The molecule has 0 saturated heterocycles. The maximum Gasteiger partial charge on any atom is 0.120 e. The van der Waals surface area contributed by atoms with Gasteiger partial charge in [-0.3, -0.25) is 4.31 Å². The van der Waals surface area contributed by atoms with Crippen molar-refractivity contribution in [2.75, 3.05) is 0 Å². The summed E-state index contributed by atoms with van der Waals surface area (Å²) in [6.07, 6.45) is 8.11. The van der Waals surface area contributed by atoms with Crippen LogP contribution in [0.3, 0.4) is 0 Å². The molecule has 0 aliphatic carbocycles. The zero-order valence-corrected chi connectivity index (χ0v) is 13.1. The van der Waals surface area contributed by atoms with Gasteiger partial charge in [0.25, 0.3) is 0 Å². The van der Waals surface area contributed by atoms with Crippen LogP contribution in [0, 0.1) is 0 Å². The number of aromatic nitrogens is 3. The minimum atomic E-state index is 0.847. The predicted octanol–water partition coefficient (Wildman–Crippen LogP) is 3.45. The first-order valence-electron chi connectivity index (χ1n) is 6.30. The molecule has 0 radical (unpaired) electrons. The van der Waals surface area contributed by atoms with Crippen molar-refractivity contribution >= 4 is 33.6 Å². The zero-order chi connectivity index (χ0) is 14.2. The van der Waals surface area contributed by atoms with Crippen LogP contribution in [0.15, 0.2) is 59.0 Å². The summed E-state index contributed by atoms with van der Waals surface area (Å²) in [5, 5.41) is 11.3. The predicted molar refractivity (Wildman–Crippen MR) is 87.3 cm³/mol. The minimum absolute atomic E-state index is 0.847. The Bertz CT molecular complexity index is 792. The molecule has 2 N–H and O–H groups in total. The van der Waals surface area contributed by atoms with Crippen LogP contribution in [-0.2, 0) is 0 Å². The summed E-state index contributed by atoms with van der Waals surface area (Å²) in [5.74, 6) is 0. The highest BCUT2D eigenvalue weighted by Gasteiger charge is 2.20. The van der Waals surface area contributed by atoms with Gasteiger partial charge >= 0.3 is 0 Å². The summed E-state index contributed by atoms with van der Waals surface area (Å²) in [5.41, 5.74) is 4.85. The lowest BCUT2D eigenvalue weighted by molar-refractivity contribution is 0.808. The first kappa shape index (κ1) is 12.7. The lowest BCUT2D eigenvalue weighted by atomic mass is 10.0. The molecule has 7 heteroatoms. The van der Waals surface area contributed by atoms with E-state index in [1.54, 1.807) is 0 Å². The smallest absolute Gasteiger partial charge is 0.120 e. The second-order valence-corrected chi connectivity index (χ2v) is 6.28. The van der Waals surface area contributed by atoms with Crippen LogP contribution in [0.25, 0.3) is 16.8 Å². The Balaban J connectivity index is 1.78. The fourth-order valence-corrected chi connectivity index (χ4v) is 3.27. The van der Waals surface area contributed by atoms with E-state index in [1.165, 1.54) is 12.1 Å². The summed E-state index contributed by atoms with van der Waals surface area (Å²) in [6, 6.07) is 8.04. The molecule has 21 heavy (non-hydrogen) atoms. The Morgan fingerprint density at radius 1 is 1.19 bits per heavy atom. The third kappa shape index (κ3) is 2.28. The molecule has 0 saturated carbocycles. The van der Waals surface area contributed by atoms with Crippen molar-refractivity contribution in [3.05, 3.63) is 64.7 Å². The summed E-state index contributed by atoms with van der Waals surface area (Å²) in [7, 11) is 0. The lowest BCUT2D eigenvalue weighted by Crippen LogP contribution is -2.06. The molecule has 2 aliphatic rings. The van der Waals surface area contributed by atoms with E-state index in [2.05, 4.69) is 46.4 Å². The van der Waals surface area contributed by atoms with Crippen molar-refractivity contribution < 1.29 is 0 Å². The highest BCUT2D eigenvalue weighted by atomic mass is 79.9. The Labute approximate surface area is 134 Å². The number of halogens is 1. The Morgan fingerprint density at radius 3 is 3.00 bits per heavy atom. The number of aromatic amines is 1. The molecule has 0 bridgehead atoms. The van der Waals surface area contributed by atoms with Crippen molar-refractivity contribution in [1.82, 2.24) is 24.4 Å². The second kappa shape index (κ2) is 5.09. The quantitative estimate of drug-likeness (QED) is 0.804. The minimum Gasteiger partial charge on any atom is -0.316 e. The van der Waals surface area contributed by atoms with E-state index in [9.17, 15) is 0 Å². The number of hydrogen-bond donors (Lipinski definition) is 2. The summed E-state index contributed by atoms with van der Waals surface area (Å²) in [4.78, 5) is 0. The van der Waals surface area contributed by atoms with Crippen LogP contribution in [-0.4, -0.2) is 19.7 Å². The number of nitrogens with one attached hydrogen (secondary N) is 2. The fourth-order valence-electron chi connectivity index (χ4n) is 2.25. The van der Waals surface area contributed by atoms with E-state index < -0.39 is 0 Å². The van der Waals surface area contributed by atoms with Gasteiger partial charge in [0.05, 0.1) is 17.8 Å². The van der Waals surface area contributed by atoms with E-state index in [0.717, 1.165) is 32.7 Å². The van der Waals surface area contributed by atoms with E-state index in [1.807, 2.05) is 42.7 Å². The largest absolute Gasteiger partial charge is 0.316 e. The molecule has 0 fully saturated rings. The second-order valence-electron chi connectivity index (χ2n) is 4.55. The molecule has 0 atom stereocenters. The van der Waals surface area contributed by atoms with Crippen LogP contribution >= 0.6 is 28.1 Å². The maximum atomic E-state index is 4.32. The SMILES string of the molecule is Brc1cccc(-c2n[nH]nc2C2=CC3=CNSN3C=C2)c1. The van der Waals surface area contributed by atoms with Crippen molar-refractivity contribution in [3.8, 4) is 11.3 Å². The number of hydrogen-bond acceptors (Lipinski definition) is 5. The normalized spacial score (nSPS) is 16.3. The number of fused-ring (bicyclic) bond motifs is 1. The van der Waals surface area contributed by atoms with E-state index in [4.69, 9.17) is 0 Å². The van der Waals surface area contributed by atoms with E-state index in [-0.39, 0.29) is 0 Å². The molecule has 104 valence electrons.